The molecule has 7 heteroatoms. The lowest BCUT2D eigenvalue weighted by molar-refractivity contribution is -0.140. The van der Waals surface area contributed by atoms with Crippen molar-refractivity contribution in [3.8, 4) is 0 Å². The van der Waals surface area contributed by atoms with Gasteiger partial charge in [-0.3, -0.25) is 19.3 Å². The van der Waals surface area contributed by atoms with Crippen molar-refractivity contribution in [2.45, 2.75) is 32.1 Å². The number of amides is 3. The second-order valence-corrected chi connectivity index (χ2v) is 7.09. The fourth-order valence-electron chi connectivity index (χ4n) is 3.47. The maximum Gasteiger partial charge on any atom is 0.233 e. The molecule has 0 spiro atoms. The summed E-state index contributed by atoms with van der Waals surface area (Å²) in [6.45, 7) is 0.113. The summed E-state index contributed by atoms with van der Waals surface area (Å²) < 4.78 is 0. The average Bonchev–Trinajstić information content (AvgIpc) is 2.80. The predicted molar refractivity (Wildman–Crippen MR) is 91.9 cm³/mol. The molecule has 2 atom stereocenters. The number of nitrogens with zero attached hydrogens (tertiary/aromatic N) is 1. The molecule has 2 fully saturated rings. The van der Waals surface area contributed by atoms with Gasteiger partial charge in [-0.05, 0) is 31.0 Å². The van der Waals surface area contributed by atoms with Gasteiger partial charge in [0.05, 0.1) is 22.5 Å². The zero-order valence-electron chi connectivity index (χ0n) is 13.1. The zero-order chi connectivity index (χ0) is 17.3. The number of nitrogens with one attached hydrogen (secondary N) is 1. The molecule has 0 aromatic heterocycles. The number of carbonyl (C=O) groups excluding carboxylic acids is 3. The summed E-state index contributed by atoms with van der Waals surface area (Å²) in [5.74, 6) is -0.904. The van der Waals surface area contributed by atoms with Gasteiger partial charge in [0.2, 0.25) is 17.7 Å². The highest BCUT2D eigenvalue weighted by molar-refractivity contribution is 6.36. The van der Waals surface area contributed by atoms with E-state index >= 15 is 0 Å². The molecule has 2 aliphatic rings. The number of fused-ring (bicyclic) bond motifs is 1. The molecule has 1 aromatic rings. The van der Waals surface area contributed by atoms with Gasteiger partial charge in [-0.25, -0.2) is 0 Å². The molecule has 1 aliphatic carbocycles. The van der Waals surface area contributed by atoms with Gasteiger partial charge in [0.25, 0.3) is 0 Å². The highest BCUT2D eigenvalue weighted by Crippen LogP contribution is 2.38. The molecule has 24 heavy (non-hydrogen) atoms. The third-order valence-corrected chi connectivity index (χ3v) is 5.25. The topological polar surface area (TPSA) is 66.5 Å². The van der Waals surface area contributed by atoms with E-state index in [1.807, 2.05) is 0 Å². The van der Waals surface area contributed by atoms with E-state index in [9.17, 15) is 14.4 Å². The Balaban J connectivity index is 1.58. The fraction of sp³-hybridized carbons (Fsp3) is 0.471. The van der Waals surface area contributed by atoms with Crippen LogP contribution in [0.3, 0.4) is 0 Å². The zero-order valence-corrected chi connectivity index (χ0v) is 14.6. The Morgan fingerprint density at radius 1 is 1.12 bits per heavy atom. The molecule has 5 nitrogen and oxygen atoms in total. The van der Waals surface area contributed by atoms with E-state index in [1.165, 1.54) is 11.0 Å². The van der Waals surface area contributed by atoms with Crippen LogP contribution in [-0.2, 0) is 14.4 Å². The number of hydrogen-bond donors (Lipinski definition) is 1. The molecular formula is C17H18Cl2N2O3. The summed E-state index contributed by atoms with van der Waals surface area (Å²) in [5, 5.41) is 3.50. The first kappa shape index (κ1) is 17.2. The summed E-state index contributed by atoms with van der Waals surface area (Å²) in [6, 6.07) is 4.78. The molecule has 1 heterocycles. The van der Waals surface area contributed by atoms with E-state index in [1.54, 1.807) is 12.1 Å². The van der Waals surface area contributed by atoms with Crippen LogP contribution in [0.4, 0.5) is 5.69 Å². The number of rotatable bonds is 4. The van der Waals surface area contributed by atoms with Crippen LogP contribution >= 0.6 is 23.2 Å². The predicted octanol–water partition coefficient (Wildman–Crippen LogP) is 3.50. The van der Waals surface area contributed by atoms with E-state index in [0.717, 1.165) is 25.7 Å². The van der Waals surface area contributed by atoms with Crippen molar-refractivity contribution in [3.63, 3.8) is 0 Å². The molecule has 1 aliphatic heterocycles. The van der Waals surface area contributed by atoms with Crippen LogP contribution < -0.4 is 5.32 Å². The summed E-state index contributed by atoms with van der Waals surface area (Å²) in [5.41, 5.74) is 0.457. The van der Waals surface area contributed by atoms with Crippen molar-refractivity contribution in [1.29, 1.82) is 0 Å². The third-order valence-electron chi connectivity index (χ3n) is 4.70. The summed E-state index contributed by atoms with van der Waals surface area (Å²) in [4.78, 5) is 38.0. The van der Waals surface area contributed by atoms with Crippen LogP contribution in [0.5, 0.6) is 0 Å². The summed E-state index contributed by atoms with van der Waals surface area (Å²) in [7, 11) is 0. The minimum atomic E-state index is -0.297. The van der Waals surface area contributed by atoms with Crippen molar-refractivity contribution in [1.82, 2.24) is 4.90 Å². The fourth-order valence-corrected chi connectivity index (χ4v) is 3.92. The lowest BCUT2D eigenvalue weighted by atomic mass is 9.81. The van der Waals surface area contributed by atoms with Gasteiger partial charge in [-0.1, -0.05) is 36.0 Å². The van der Waals surface area contributed by atoms with Gasteiger partial charge in [-0.15, -0.1) is 0 Å². The van der Waals surface area contributed by atoms with Crippen molar-refractivity contribution >= 4 is 46.6 Å². The highest BCUT2D eigenvalue weighted by Gasteiger charge is 2.47. The molecule has 0 unspecified atom stereocenters. The molecule has 128 valence electrons. The quantitative estimate of drug-likeness (QED) is 0.827. The molecule has 1 aromatic carbocycles. The Bertz CT molecular complexity index is 668. The van der Waals surface area contributed by atoms with Crippen LogP contribution in [0.15, 0.2) is 18.2 Å². The SMILES string of the molecule is O=C(CCN1C(=O)[C@H]2CCCC[C@@H]2C1=O)Nc1ccc(Cl)cc1Cl. The van der Waals surface area contributed by atoms with E-state index in [-0.39, 0.29) is 42.5 Å². The Kier molecular flexibility index (Phi) is 5.11. The number of hydrogen-bond acceptors (Lipinski definition) is 3. The van der Waals surface area contributed by atoms with Crippen LogP contribution in [-0.4, -0.2) is 29.2 Å². The maximum atomic E-state index is 12.4. The molecular weight excluding hydrogens is 351 g/mol. The van der Waals surface area contributed by atoms with Crippen molar-refractivity contribution in [2.75, 3.05) is 11.9 Å². The van der Waals surface area contributed by atoms with Gasteiger partial charge in [-0.2, -0.15) is 0 Å². The second kappa shape index (κ2) is 7.11. The minimum Gasteiger partial charge on any atom is -0.325 e. The number of anilines is 1. The van der Waals surface area contributed by atoms with Gasteiger partial charge in [0.1, 0.15) is 0 Å². The first-order valence-electron chi connectivity index (χ1n) is 8.07. The van der Waals surface area contributed by atoms with Crippen molar-refractivity contribution in [2.24, 2.45) is 11.8 Å². The van der Waals surface area contributed by atoms with Crippen LogP contribution in [0.25, 0.3) is 0 Å². The van der Waals surface area contributed by atoms with E-state index < -0.39 is 0 Å². The Labute approximate surface area is 150 Å². The van der Waals surface area contributed by atoms with E-state index in [4.69, 9.17) is 23.2 Å². The van der Waals surface area contributed by atoms with E-state index in [2.05, 4.69) is 5.32 Å². The molecule has 3 rings (SSSR count). The first-order chi connectivity index (χ1) is 11.5. The molecule has 1 N–H and O–H groups in total. The largest absolute Gasteiger partial charge is 0.325 e. The van der Waals surface area contributed by atoms with Crippen molar-refractivity contribution < 1.29 is 14.4 Å². The lowest BCUT2D eigenvalue weighted by Gasteiger charge is -2.19. The van der Waals surface area contributed by atoms with E-state index in [0.29, 0.717) is 15.7 Å². The van der Waals surface area contributed by atoms with Gasteiger partial charge < -0.3 is 5.32 Å². The number of halogens is 2. The second-order valence-electron chi connectivity index (χ2n) is 6.25. The third kappa shape index (κ3) is 3.42. The summed E-state index contributed by atoms with van der Waals surface area (Å²) in [6.07, 6.45) is 3.58. The van der Waals surface area contributed by atoms with Crippen LogP contribution in [0.2, 0.25) is 10.0 Å². The number of imide groups is 1. The maximum absolute atomic E-state index is 12.4. The standard InChI is InChI=1S/C17H18Cl2N2O3/c18-10-5-6-14(13(19)9-10)20-15(22)7-8-21-16(23)11-3-1-2-4-12(11)17(21)24/h5-6,9,11-12H,1-4,7-8H2,(H,20,22)/t11-,12-/m0/s1. The summed E-state index contributed by atoms with van der Waals surface area (Å²) >= 11 is 11.8. The monoisotopic (exact) mass is 368 g/mol. The molecule has 1 saturated carbocycles. The Hall–Kier alpha value is -1.59. The molecule has 0 radical (unpaired) electrons. The normalized spacial score (nSPS) is 23.3. The smallest absolute Gasteiger partial charge is 0.233 e. The van der Waals surface area contributed by atoms with Crippen LogP contribution in [0, 0.1) is 11.8 Å². The molecule has 0 bridgehead atoms. The lowest BCUT2D eigenvalue weighted by Crippen LogP contribution is -2.34. The van der Waals surface area contributed by atoms with Gasteiger partial charge in [0, 0.05) is 18.0 Å². The van der Waals surface area contributed by atoms with Gasteiger partial charge >= 0.3 is 0 Å². The first-order valence-corrected chi connectivity index (χ1v) is 8.83. The number of likely N-dealkylation sites (tertiary alicyclic amines) is 1. The molecule has 3 amide bonds. The average molecular weight is 369 g/mol. The minimum absolute atomic E-state index is 0.0515. The number of carbonyl (C=O) groups is 3. The van der Waals surface area contributed by atoms with Gasteiger partial charge in [0.15, 0.2) is 0 Å². The highest BCUT2D eigenvalue weighted by atomic mass is 35.5. The van der Waals surface area contributed by atoms with Crippen molar-refractivity contribution in [3.05, 3.63) is 28.2 Å². The van der Waals surface area contributed by atoms with Crippen LogP contribution in [0.1, 0.15) is 32.1 Å². The Morgan fingerprint density at radius 3 is 2.33 bits per heavy atom. The number of benzene rings is 1. The molecule has 1 saturated heterocycles. The Morgan fingerprint density at radius 2 is 1.75 bits per heavy atom.